The number of amides is 1. The number of nitrogens with zero attached hydrogens (tertiary/aromatic N) is 2. The molecule has 1 amide bonds. The molecule has 30 heavy (non-hydrogen) atoms. The van der Waals surface area contributed by atoms with Crippen LogP contribution in [0.1, 0.15) is 26.5 Å². The van der Waals surface area contributed by atoms with Crippen molar-refractivity contribution < 1.29 is 13.2 Å². The molecule has 0 bridgehead atoms. The second kappa shape index (κ2) is 9.26. The summed E-state index contributed by atoms with van der Waals surface area (Å²) in [6, 6.07) is 16.3. The number of rotatable bonds is 5. The van der Waals surface area contributed by atoms with Crippen molar-refractivity contribution in [2.75, 3.05) is 18.1 Å². The molecular formula is C21H22ClN3O3S2. The smallest absolute Gasteiger partial charge is 0.257 e. The van der Waals surface area contributed by atoms with Crippen LogP contribution in [-0.4, -0.2) is 37.0 Å². The number of benzene rings is 2. The zero-order valence-corrected chi connectivity index (χ0v) is 18.8. The molecule has 0 saturated carbocycles. The first-order valence-corrected chi connectivity index (χ1v) is 12.0. The number of aromatic nitrogens is 1. The highest BCUT2D eigenvalue weighted by atomic mass is 35.5. The highest BCUT2D eigenvalue weighted by molar-refractivity contribution is 7.90. The van der Waals surface area contributed by atoms with E-state index in [1.807, 2.05) is 18.2 Å². The Hall–Kier alpha value is -2.26. The minimum absolute atomic E-state index is 0. The predicted octanol–water partition coefficient (Wildman–Crippen LogP) is 3.78. The summed E-state index contributed by atoms with van der Waals surface area (Å²) in [6.45, 7) is 2.65. The fourth-order valence-electron chi connectivity index (χ4n) is 3.30. The molecule has 2 heterocycles. The number of carbonyl (C=O) groups excluding carboxylic acids is 1. The molecule has 3 aromatic rings. The van der Waals surface area contributed by atoms with Crippen molar-refractivity contribution in [2.45, 2.75) is 24.4 Å². The molecule has 0 radical (unpaired) electrons. The maximum atomic E-state index is 12.5. The van der Waals surface area contributed by atoms with E-state index in [1.54, 1.807) is 0 Å². The van der Waals surface area contributed by atoms with E-state index in [2.05, 4.69) is 27.3 Å². The van der Waals surface area contributed by atoms with Crippen molar-refractivity contribution in [3.8, 4) is 0 Å². The third-order valence-corrected chi connectivity index (χ3v) is 6.95. The third-order valence-electron chi connectivity index (χ3n) is 4.82. The van der Waals surface area contributed by atoms with E-state index in [1.165, 1.54) is 46.0 Å². The fraction of sp³-hybridized carbons (Fsp3) is 0.238. The van der Waals surface area contributed by atoms with Gasteiger partial charge in [-0.1, -0.05) is 30.3 Å². The molecule has 1 aliphatic rings. The maximum Gasteiger partial charge on any atom is 0.257 e. The lowest BCUT2D eigenvalue weighted by atomic mass is 10.1. The molecule has 1 N–H and O–H groups in total. The first-order chi connectivity index (χ1) is 13.9. The number of hydrogen-bond acceptors (Lipinski definition) is 6. The molecule has 9 heteroatoms. The number of fused-ring (bicyclic) bond motifs is 1. The Kier molecular flexibility index (Phi) is 6.92. The summed E-state index contributed by atoms with van der Waals surface area (Å²) in [7, 11) is -3.28. The zero-order valence-electron chi connectivity index (χ0n) is 16.4. The normalized spacial score (nSPS) is 13.9. The molecule has 0 unspecified atom stereocenters. The van der Waals surface area contributed by atoms with Gasteiger partial charge in [0.05, 0.1) is 10.6 Å². The predicted molar refractivity (Wildman–Crippen MR) is 121 cm³/mol. The fourth-order valence-corrected chi connectivity index (χ4v) is 4.98. The number of carbonyl (C=O) groups is 1. The summed E-state index contributed by atoms with van der Waals surface area (Å²) in [5.74, 6) is -0.294. The molecule has 0 spiro atoms. The Bertz CT molecular complexity index is 1130. The number of hydrogen-bond donors (Lipinski definition) is 1. The van der Waals surface area contributed by atoms with Gasteiger partial charge in [0, 0.05) is 42.8 Å². The van der Waals surface area contributed by atoms with E-state index in [-0.39, 0.29) is 23.2 Å². The Morgan fingerprint density at radius 2 is 1.83 bits per heavy atom. The maximum absolute atomic E-state index is 12.5. The van der Waals surface area contributed by atoms with Gasteiger partial charge in [0.25, 0.3) is 5.91 Å². The zero-order chi connectivity index (χ0) is 20.4. The highest BCUT2D eigenvalue weighted by Gasteiger charge is 2.21. The van der Waals surface area contributed by atoms with Crippen LogP contribution in [0.15, 0.2) is 59.5 Å². The second-order valence-corrected chi connectivity index (χ2v) is 10.2. The summed E-state index contributed by atoms with van der Waals surface area (Å²) in [6.07, 6.45) is 2.00. The lowest BCUT2D eigenvalue weighted by Gasteiger charge is -2.25. The van der Waals surface area contributed by atoms with Gasteiger partial charge >= 0.3 is 0 Å². The second-order valence-electron chi connectivity index (χ2n) is 7.09. The van der Waals surface area contributed by atoms with Gasteiger partial charge in [0.2, 0.25) is 0 Å². The first kappa shape index (κ1) is 22.4. The Morgan fingerprint density at radius 3 is 2.50 bits per heavy atom. The third kappa shape index (κ3) is 5.26. The van der Waals surface area contributed by atoms with E-state index >= 15 is 0 Å². The van der Waals surface area contributed by atoms with Crippen LogP contribution in [0.2, 0.25) is 0 Å². The largest absolute Gasteiger partial charge is 0.298 e. The van der Waals surface area contributed by atoms with Gasteiger partial charge in [-0.15, -0.1) is 23.7 Å². The van der Waals surface area contributed by atoms with Gasteiger partial charge < -0.3 is 0 Å². The number of thiazole rings is 1. The molecule has 0 saturated heterocycles. The van der Waals surface area contributed by atoms with Gasteiger partial charge in [-0.05, 0) is 29.8 Å². The van der Waals surface area contributed by atoms with Crippen molar-refractivity contribution >= 4 is 44.6 Å². The van der Waals surface area contributed by atoms with Crippen molar-refractivity contribution in [1.82, 2.24) is 9.88 Å². The van der Waals surface area contributed by atoms with E-state index in [4.69, 9.17) is 0 Å². The van der Waals surface area contributed by atoms with Crippen LogP contribution in [0.3, 0.4) is 0 Å². The first-order valence-electron chi connectivity index (χ1n) is 9.25. The number of halogens is 1. The molecular weight excluding hydrogens is 442 g/mol. The van der Waals surface area contributed by atoms with Crippen LogP contribution in [-0.2, 0) is 29.3 Å². The quantitative estimate of drug-likeness (QED) is 0.622. The molecule has 1 aliphatic heterocycles. The molecule has 0 fully saturated rings. The molecule has 0 aliphatic carbocycles. The Labute approximate surface area is 186 Å². The Balaban J connectivity index is 0.00000256. The van der Waals surface area contributed by atoms with Crippen molar-refractivity contribution in [2.24, 2.45) is 0 Å². The van der Waals surface area contributed by atoms with E-state index in [0.29, 0.717) is 10.7 Å². The van der Waals surface area contributed by atoms with Crippen LogP contribution < -0.4 is 5.32 Å². The van der Waals surface area contributed by atoms with E-state index in [0.717, 1.165) is 38.0 Å². The molecule has 6 nitrogen and oxygen atoms in total. The lowest BCUT2D eigenvalue weighted by molar-refractivity contribution is 0.102. The molecule has 158 valence electrons. The van der Waals surface area contributed by atoms with Gasteiger partial charge in [0.1, 0.15) is 0 Å². The highest BCUT2D eigenvalue weighted by Crippen LogP contribution is 2.29. The van der Waals surface area contributed by atoms with Crippen LogP contribution in [0.5, 0.6) is 0 Å². The average Bonchev–Trinajstić information content (AvgIpc) is 3.09. The van der Waals surface area contributed by atoms with Crippen LogP contribution in [0.4, 0.5) is 5.13 Å². The van der Waals surface area contributed by atoms with Gasteiger partial charge in [-0.2, -0.15) is 0 Å². The minimum Gasteiger partial charge on any atom is -0.298 e. The van der Waals surface area contributed by atoms with Crippen LogP contribution in [0.25, 0.3) is 0 Å². The van der Waals surface area contributed by atoms with Crippen molar-refractivity contribution in [3.05, 3.63) is 76.3 Å². The monoisotopic (exact) mass is 463 g/mol. The van der Waals surface area contributed by atoms with Gasteiger partial charge in [0.15, 0.2) is 15.0 Å². The molecule has 0 atom stereocenters. The number of sulfone groups is 1. The summed E-state index contributed by atoms with van der Waals surface area (Å²) < 4.78 is 23.1. The van der Waals surface area contributed by atoms with E-state index < -0.39 is 9.84 Å². The summed E-state index contributed by atoms with van der Waals surface area (Å²) >= 11 is 1.50. The standard InChI is InChI=1S/C21H21N3O3S2.ClH/c1-29(26,27)17-9-7-16(8-10-17)20(25)23-21-22-18-11-12-24(14-19(18)28-21)13-15-5-3-2-4-6-15;/h2-10H,11-14H2,1H3,(H,22,23,25);1H. The van der Waals surface area contributed by atoms with Crippen molar-refractivity contribution in [1.29, 1.82) is 0 Å². The van der Waals surface area contributed by atoms with Gasteiger partial charge in [-0.25, -0.2) is 13.4 Å². The van der Waals surface area contributed by atoms with Gasteiger partial charge in [-0.3, -0.25) is 15.0 Å². The SMILES string of the molecule is CS(=O)(=O)c1ccc(C(=O)Nc2nc3c(s2)CN(Cc2ccccc2)CC3)cc1.Cl. The van der Waals surface area contributed by atoms with Crippen LogP contribution in [0, 0.1) is 0 Å². The minimum atomic E-state index is -3.28. The number of nitrogens with one attached hydrogen (secondary N) is 1. The summed E-state index contributed by atoms with van der Waals surface area (Å²) in [5.41, 5.74) is 2.73. The molecule has 1 aromatic heterocycles. The average molecular weight is 464 g/mol. The summed E-state index contributed by atoms with van der Waals surface area (Å²) in [4.78, 5) is 20.8. The lowest BCUT2D eigenvalue weighted by Crippen LogP contribution is -2.29. The van der Waals surface area contributed by atoms with E-state index in [9.17, 15) is 13.2 Å². The molecule has 2 aromatic carbocycles. The summed E-state index contributed by atoms with van der Waals surface area (Å²) in [5, 5.41) is 3.42. The number of anilines is 1. The Morgan fingerprint density at radius 1 is 1.13 bits per heavy atom. The van der Waals surface area contributed by atoms with Crippen molar-refractivity contribution in [3.63, 3.8) is 0 Å². The topological polar surface area (TPSA) is 79.4 Å². The van der Waals surface area contributed by atoms with Crippen LogP contribution >= 0.6 is 23.7 Å². The molecule has 4 rings (SSSR count).